The molecule has 26 heavy (non-hydrogen) atoms. The van der Waals surface area contributed by atoms with Crippen molar-refractivity contribution < 1.29 is 4.79 Å². The lowest BCUT2D eigenvalue weighted by atomic mass is 10.0. The Labute approximate surface area is 159 Å². The predicted octanol–water partition coefficient (Wildman–Crippen LogP) is 2.43. The molecule has 1 aromatic heterocycles. The van der Waals surface area contributed by atoms with Gasteiger partial charge in [-0.2, -0.15) is 5.10 Å². The van der Waals surface area contributed by atoms with E-state index in [4.69, 9.17) is 5.73 Å². The number of amides is 1. The number of nitrogens with zero attached hydrogens (tertiary/aromatic N) is 3. The van der Waals surface area contributed by atoms with Crippen LogP contribution >= 0.6 is 12.4 Å². The average molecular weight is 379 g/mol. The standard InChI is InChI=1S/C19H26N4O2.ClH/c1-13(2)12-23-18(24)16-9-4-3-8-15(16)17(21-23)19(25)22-10-6-5-7-14(22)11-20;/h3-4,8-9,13-14H,5-7,10-12,20H2,1-2H3;1H. The number of benzene rings is 1. The van der Waals surface area contributed by atoms with Gasteiger partial charge in [0.15, 0.2) is 5.69 Å². The van der Waals surface area contributed by atoms with Gasteiger partial charge < -0.3 is 10.6 Å². The number of hydrogen-bond acceptors (Lipinski definition) is 4. The van der Waals surface area contributed by atoms with E-state index in [1.54, 1.807) is 12.1 Å². The highest BCUT2D eigenvalue weighted by Crippen LogP contribution is 2.21. The predicted molar refractivity (Wildman–Crippen MR) is 106 cm³/mol. The molecular formula is C19H27ClN4O2. The molecule has 0 saturated carbocycles. The molecule has 7 heteroatoms. The zero-order valence-electron chi connectivity index (χ0n) is 15.4. The van der Waals surface area contributed by atoms with Crippen molar-refractivity contribution in [3.05, 3.63) is 40.3 Å². The Bertz CT molecular complexity index is 834. The van der Waals surface area contributed by atoms with Crippen LogP contribution in [-0.2, 0) is 6.54 Å². The summed E-state index contributed by atoms with van der Waals surface area (Å²) in [5.41, 5.74) is 6.09. The Morgan fingerprint density at radius 3 is 2.62 bits per heavy atom. The zero-order valence-corrected chi connectivity index (χ0v) is 16.2. The van der Waals surface area contributed by atoms with Crippen LogP contribution in [-0.4, -0.2) is 39.7 Å². The van der Waals surface area contributed by atoms with Crippen LogP contribution in [0.5, 0.6) is 0 Å². The summed E-state index contributed by atoms with van der Waals surface area (Å²) in [6, 6.07) is 7.28. The monoisotopic (exact) mass is 378 g/mol. The summed E-state index contributed by atoms with van der Waals surface area (Å²) in [6.45, 7) is 5.69. The average Bonchev–Trinajstić information content (AvgIpc) is 2.63. The molecule has 142 valence electrons. The van der Waals surface area contributed by atoms with Crippen molar-refractivity contribution in [2.45, 2.75) is 45.7 Å². The fourth-order valence-corrected chi connectivity index (χ4v) is 3.51. The second-order valence-electron chi connectivity index (χ2n) is 7.16. The van der Waals surface area contributed by atoms with E-state index in [0.717, 1.165) is 19.3 Å². The molecule has 1 aromatic carbocycles. The number of hydrogen-bond donors (Lipinski definition) is 1. The molecule has 3 rings (SSSR count). The summed E-state index contributed by atoms with van der Waals surface area (Å²) in [7, 11) is 0. The number of halogens is 1. The van der Waals surface area contributed by atoms with Crippen molar-refractivity contribution in [2.75, 3.05) is 13.1 Å². The first-order valence-electron chi connectivity index (χ1n) is 9.03. The number of carbonyl (C=O) groups is 1. The Hall–Kier alpha value is -1.92. The van der Waals surface area contributed by atoms with Crippen LogP contribution in [0.15, 0.2) is 29.1 Å². The zero-order chi connectivity index (χ0) is 18.0. The Kier molecular flexibility index (Phi) is 6.78. The molecule has 1 fully saturated rings. The SMILES string of the molecule is CC(C)Cn1nc(C(=O)N2CCCCC2CN)c2ccccc2c1=O.Cl. The fraction of sp³-hybridized carbons (Fsp3) is 0.526. The molecule has 1 atom stereocenters. The molecule has 2 N–H and O–H groups in total. The van der Waals surface area contributed by atoms with E-state index in [-0.39, 0.29) is 35.8 Å². The van der Waals surface area contributed by atoms with Crippen molar-refractivity contribution in [1.82, 2.24) is 14.7 Å². The lowest BCUT2D eigenvalue weighted by Gasteiger charge is -2.35. The van der Waals surface area contributed by atoms with E-state index in [9.17, 15) is 9.59 Å². The summed E-state index contributed by atoms with van der Waals surface area (Å²) < 4.78 is 1.43. The second kappa shape index (κ2) is 8.64. The number of aromatic nitrogens is 2. The van der Waals surface area contributed by atoms with Crippen molar-refractivity contribution in [3.63, 3.8) is 0 Å². The minimum absolute atomic E-state index is 0. The molecule has 6 nitrogen and oxygen atoms in total. The number of fused-ring (bicyclic) bond motifs is 1. The quantitative estimate of drug-likeness (QED) is 0.885. The van der Waals surface area contributed by atoms with Crippen molar-refractivity contribution in [3.8, 4) is 0 Å². The number of piperidine rings is 1. The highest BCUT2D eigenvalue weighted by Gasteiger charge is 2.29. The third kappa shape index (κ3) is 3.91. The maximum atomic E-state index is 13.2. The van der Waals surface area contributed by atoms with Gasteiger partial charge in [0.05, 0.1) is 5.39 Å². The topological polar surface area (TPSA) is 81.2 Å². The number of nitrogens with two attached hydrogens (primary N) is 1. The molecule has 1 aliphatic heterocycles. The molecule has 0 spiro atoms. The molecule has 0 bridgehead atoms. The van der Waals surface area contributed by atoms with Crippen LogP contribution in [0, 0.1) is 5.92 Å². The summed E-state index contributed by atoms with van der Waals surface area (Å²) in [5.74, 6) is 0.143. The van der Waals surface area contributed by atoms with E-state index in [0.29, 0.717) is 36.1 Å². The van der Waals surface area contributed by atoms with Gasteiger partial charge in [0, 0.05) is 31.1 Å². The smallest absolute Gasteiger partial charge is 0.275 e. The fourth-order valence-electron chi connectivity index (χ4n) is 3.51. The van der Waals surface area contributed by atoms with Crippen LogP contribution in [0.25, 0.3) is 10.8 Å². The van der Waals surface area contributed by atoms with Gasteiger partial charge in [0.1, 0.15) is 0 Å². The molecule has 0 radical (unpaired) electrons. The van der Waals surface area contributed by atoms with Gasteiger partial charge >= 0.3 is 0 Å². The van der Waals surface area contributed by atoms with Crippen LogP contribution in [0.1, 0.15) is 43.6 Å². The highest BCUT2D eigenvalue weighted by atomic mass is 35.5. The van der Waals surface area contributed by atoms with Gasteiger partial charge in [-0.15, -0.1) is 12.4 Å². The number of carbonyl (C=O) groups excluding carboxylic acids is 1. The third-order valence-electron chi connectivity index (χ3n) is 4.77. The van der Waals surface area contributed by atoms with E-state index in [2.05, 4.69) is 5.10 Å². The van der Waals surface area contributed by atoms with Crippen molar-refractivity contribution >= 4 is 29.1 Å². The van der Waals surface area contributed by atoms with Crippen molar-refractivity contribution in [2.24, 2.45) is 11.7 Å². The largest absolute Gasteiger partial charge is 0.333 e. The molecule has 2 heterocycles. The van der Waals surface area contributed by atoms with Gasteiger partial charge in [0.25, 0.3) is 11.5 Å². The molecular weight excluding hydrogens is 352 g/mol. The first-order valence-corrected chi connectivity index (χ1v) is 9.03. The minimum Gasteiger partial charge on any atom is -0.333 e. The normalized spacial score (nSPS) is 17.4. The number of likely N-dealkylation sites (tertiary alicyclic amines) is 1. The lowest BCUT2D eigenvalue weighted by molar-refractivity contribution is 0.0616. The van der Waals surface area contributed by atoms with Crippen LogP contribution in [0.2, 0.25) is 0 Å². The molecule has 1 aliphatic rings. The highest BCUT2D eigenvalue weighted by molar-refractivity contribution is 6.04. The van der Waals surface area contributed by atoms with Crippen LogP contribution in [0.3, 0.4) is 0 Å². The first-order chi connectivity index (χ1) is 12.0. The Balaban J connectivity index is 0.00000243. The number of rotatable bonds is 4. The third-order valence-corrected chi connectivity index (χ3v) is 4.77. The van der Waals surface area contributed by atoms with E-state index < -0.39 is 0 Å². The summed E-state index contributed by atoms with van der Waals surface area (Å²) in [4.78, 5) is 27.8. The van der Waals surface area contributed by atoms with E-state index in [1.807, 2.05) is 30.9 Å². The van der Waals surface area contributed by atoms with Crippen LogP contribution in [0.4, 0.5) is 0 Å². The molecule has 1 unspecified atom stereocenters. The van der Waals surface area contributed by atoms with Crippen molar-refractivity contribution in [1.29, 1.82) is 0 Å². The van der Waals surface area contributed by atoms with Crippen LogP contribution < -0.4 is 11.3 Å². The molecule has 1 amide bonds. The van der Waals surface area contributed by atoms with E-state index in [1.165, 1.54) is 4.68 Å². The van der Waals surface area contributed by atoms with Gasteiger partial charge in [-0.3, -0.25) is 9.59 Å². The molecule has 0 aliphatic carbocycles. The second-order valence-corrected chi connectivity index (χ2v) is 7.16. The maximum absolute atomic E-state index is 13.2. The van der Waals surface area contributed by atoms with Gasteiger partial charge in [0.2, 0.25) is 0 Å². The molecule has 2 aromatic rings. The van der Waals surface area contributed by atoms with Gasteiger partial charge in [-0.05, 0) is 31.2 Å². The summed E-state index contributed by atoms with van der Waals surface area (Å²) in [6.07, 6.45) is 2.99. The lowest BCUT2D eigenvalue weighted by Crippen LogP contribution is -2.48. The summed E-state index contributed by atoms with van der Waals surface area (Å²) in [5, 5.41) is 5.62. The minimum atomic E-state index is -0.144. The maximum Gasteiger partial charge on any atom is 0.275 e. The van der Waals surface area contributed by atoms with Gasteiger partial charge in [-0.25, -0.2) is 4.68 Å². The molecule has 1 saturated heterocycles. The Morgan fingerprint density at radius 2 is 1.96 bits per heavy atom. The van der Waals surface area contributed by atoms with Gasteiger partial charge in [-0.1, -0.05) is 32.0 Å². The summed E-state index contributed by atoms with van der Waals surface area (Å²) >= 11 is 0. The first kappa shape index (κ1) is 20.4. The van der Waals surface area contributed by atoms with E-state index >= 15 is 0 Å². The Morgan fingerprint density at radius 1 is 1.27 bits per heavy atom.